The molecule has 1 saturated carbocycles. The minimum atomic E-state index is -0.442. The number of ether oxygens (including phenoxy) is 1. The van der Waals surface area contributed by atoms with Crippen LogP contribution < -0.4 is 15.4 Å². The van der Waals surface area contributed by atoms with Crippen molar-refractivity contribution in [2.24, 2.45) is 13.0 Å². The van der Waals surface area contributed by atoms with Crippen molar-refractivity contribution >= 4 is 33.6 Å². The van der Waals surface area contributed by atoms with Crippen LogP contribution in [0.4, 0.5) is 15.9 Å². The number of imidazole rings is 1. The molecule has 3 unspecified atom stereocenters. The van der Waals surface area contributed by atoms with Gasteiger partial charge in [-0.3, -0.25) is 0 Å². The Kier molecular flexibility index (Phi) is 5.47. The molecule has 0 bridgehead atoms. The van der Waals surface area contributed by atoms with Gasteiger partial charge in [0, 0.05) is 36.8 Å². The van der Waals surface area contributed by atoms with E-state index in [-0.39, 0.29) is 0 Å². The fourth-order valence-corrected chi connectivity index (χ4v) is 5.97. The zero-order chi connectivity index (χ0) is 25.8. The van der Waals surface area contributed by atoms with E-state index in [0.717, 1.165) is 53.1 Å². The number of fused-ring (bicyclic) bond motifs is 3. The van der Waals surface area contributed by atoms with Crippen LogP contribution in [0.1, 0.15) is 36.4 Å². The van der Waals surface area contributed by atoms with Crippen molar-refractivity contribution in [2.45, 2.75) is 38.1 Å². The van der Waals surface area contributed by atoms with E-state index in [9.17, 15) is 0 Å². The third-order valence-corrected chi connectivity index (χ3v) is 7.98. The Morgan fingerprint density at radius 1 is 1.05 bits per heavy atom. The maximum absolute atomic E-state index is 15.3. The molecule has 9 heteroatoms. The van der Waals surface area contributed by atoms with Gasteiger partial charge in [0.25, 0.3) is 0 Å². The van der Waals surface area contributed by atoms with E-state index in [4.69, 9.17) is 9.72 Å². The van der Waals surface area contributed by atoms with E-state index in [1.54, 1.807) is 12.4 Å². The largest absolute Gasteiger partial charge is 0.457 e. The van der Waals surface area contributed by atoms with E-state index in [1.165, 1.54) is 18.8 Å². The molecular weight excluding hydrogens is 481 g/mol. The Balaban J connectivity index is 1.16. The molecule has 8 nitrogen and oxygen atoms in total. The van der Waals surface area contributed by atoms with Gasteiger partial charge >= 0.3 is 0 Å². The molecule has 0 amide bonds. The number of pyridine rings is 1. The molecule has 2 aromatic carbocycles. The molecule has 0 radical (unpaired) electrons. The molecular formula is C29H28FN7O. The Morgan fingerprint density at radius 2 is 1.97 bits per heavy atom. The minimum absolute atomic E-state index is 0.307. The highest BCUT2D eigenvalue weighted by Gasteiger charge is 2.38. The van der Waals surface area contributed by atoms with Gasteiger partial charge in [-0.2, -0.15) is 0 Å². The second-order valence-electron chi connectivity index (χ2n) is 10.4. The summed E-state index contributed by atoms with van der Waals surface area (Å²) in [5, 5.41) is 6.78. The Hall–Kier alpha value is -4.11. The number of halogens is 1. The van der Waals surface area contributed by atoms with Crippen molar-refractivity contribution < 1.29 is 9.13 Å². The molecule has 3 atom stereocenters. The average molecular weight is 510 g/mol. The van der Waals surface area contributed by atoms with E-state index >= 15 is 4.39 Å². The van der Waals surface area contributed by atoms with Crippen LogP contribution in [-0.2, 0) is 7.05 Å². The standard InChI is InChI=1S/C29H28FN7O/c1-16-9-24(20(30)13-27(16)38-19-3-6-26-25(12-19)34-15-37(26)2)36-29-28-22(32-14-33-29)5-4-21(35-28)18-10-17-7-8-31-23(17)11-18/h3-6,9,12-15,17-18,23,31H,7-8,10-11H2,1-2H3,(H,32,33,36). The predicted molar refractivity (Wildman–Crippen MR) is 144 cm³/mol. The van der Waals surface area contributed by atoms with Crippen molar-refractivity contribution in [3.05, 3.63) is 72.2 Å². The van der Waals surface area contributed by atoms with Crippen LogP contribution in [0.3, 0.4) is 0 Å². The highest BCUT2D eigenvalue weighted by molar-refractivity contribution is 5.87. The van der Waals surface area contributed by atoms with Gasteiger partial charge in [-0.1, -0.05) is 0 Å². The summed E-state index contributed by atoms with van der Waals surface area (Å²) in [6.07, 6.45) is 6.72. The first-order valence-electron chi connectivity index (χ1n) is 13.0. The average Bonchev–Trinajstić information content (AvgIpc) is 3.62. The summed E-state index contributed by atoms with van der Waals surface area (Å²) >= 11 is 0. The van der Waals surface area contributed by atoms with Gasteiger partial charge in [0.15, 0.2) is 5.82 Å². The maximum atomic E-state index is 15.3. The summed E-state index contributed by atoms with van der Waals surface area (Å²) in [6, 6.07) is 13.4. The van der Waals surface area contributed by atoms with E-state index < -0.39 is 5.82 Å². The molecule has 2 N–H and O–H groups in total. The number of benzene rings is 2. The van der Waals surface area contributed by atoms with Crippen molar-refractivity contribution in [3.8, 4) is 11.5 Å². The number of hydrogen-bond donors (Lipinski definition) is 2. The first-order valence-corrected chi connectivity index (χ1v) is 13.0. The number of nitrogens with zero attached hydrogens (tertiary/aromatic N) is 5. The summed E-state index contributed by atoms with van der Waals surface area (Å²) in [4.78, 5) is 18.1. The zero-order valence-electron chi connectivity index (χ0n) is 21.3. The third kappa shape index (κ3) is 4.03. The lowest BCUT2D eigenvalue weighted by Gasteiger charge is -2.15. The summed E-state index contributed by atoms with van der Waals surface area (Å²) in [7, 11) is 1.94. The highest BCUT2D eigenvalue weighted by atomic mass is 19.1. The van der Waals surface area contributed by atoms with Crippen LogP contribution in [0.25, 0.3) is 22.1 Å². The van der Waals surface area contributed by atoms with E-state index in [0.29, 0.717) is 40.5 Å². The molecule has 2 aliphatic rings. The lowest BCUT2D eigenvalue weighted by atomic mass is 9.99. The lowest BCUT2D eigenvalue weighted by Crippen LogP contribution is -2.22. The van der Waals surface area contributed by atoms with Crippen LogP contribution in [-0.4, -0.2) is 37.1 Å². The Labute approximate surface area is 219 Å². The Morgan fingerprint density at radius 3 is 2.87 bits per heavy atom. The summed E-state index contributed by atoms with van der Waals surface area (Å²) in [5.41, 5.74) is 5.34. The van der Waals surface area contributed by atoms with E-state index in [2.05, 4.69) is 31.7 Å². The summed E-state index contributed by atoms with van der Waals surface area (Å²) < 4.78 is 23.3. The summed E-state index contributed by atoms with van der Waals surface area (Å²) in [6.45, 7) is 3.00. The summed E-state index contributed by atoms with van der Waals surface area (Å²) in [5.74, 6) is 2.23. The van der Waals surface area contributed by atoms with Crippen LogP contribution in [0.2, 0.25) is 0 Å². The molecule has 1 aliphatic heterocycles. The normalized spacial score (nSPS) is 20.8. The lowest BCUT2D eigenvalue weighted by molar-refractivity contribution is 0.474. The molecule has 2 fully saturated rings. The number of nitrogens with one attached hydrogen (secondary N) is 2. The fourth-order valence-electron chi connectivity index (χ4n) is 5.97. The van der Waals surface area contributed by atoms with Crippen LogP contribution in [0.15, 0.2) is 55.1 Å². The van der Waals surface area contributed by atoms with Gasteiger partial charge < -0.3 is 19.9 Å². The molecule has 0 spiro atoms. The van der Waals surface area contributed by atoms with Crippen LogP contribution in [0.5, 0.6) is 11.5 Å². The van der Waals surface area contributed by atoms with Crippen molar-refractivity contribution in [2.75, 3.05) is 11.9 Å². The Bertz CT molecular complexity index is 1670. The van der Waals surface area contributed by atoms with Gasteiger partial charge in [-0.05, 0) is 74.5 Å². The molecule has 7 rings (SSSR count). The number of rotatable bonds is 5. The molecule has 5 aromatic rings. The quantitative estimate of drug-likeness (QED) is 0.312. The molecule has 3 aromatic heterocycles. The second-order valence-corrected chi connectivity index (χ2v) is 10.4. The smallest absolute Gasteiger partial charge is 0.160 e. The van der Waals surface area contributed by atoms with Gasteiger partial charge in [-0.25, -0.2) is 24.3 Å². The number of aromatic nitrogens is 5. The van der Waals surface area contributed by atoms with Crippen molar-refractivity contribution in [1.29, 1.82) is 0 Å². The zero-order valence-corrected chi connectivity index (χ0v) is 21.3. The monoisotopic (exact) mass is 509 g/mol. The van der Waals surface area contributed by atoms with Crippen molar-refractivity contribution in [1.82, 2.24) is 29.8 Å². The molecule has 4 heterocycles. The minimum Gasteiger partial charge on any atom is -0.457 e. The SMILES string of the molecule is Cc1cc(Nc2ncnc3ccc(C4CC5CCNC5C4)nc23)c(F)cc1Oc1ccc2c(c1)ncn2C. The third-order valence-electron chi connectivity index (χ3n) is 7.98. The van der Waals surface area contributed by atoms with Crippen molar-refractivity contribution in [3.63, 3.8) is 0 Å². The maximum Gasteiger partial charge on any atom is 0.160 e. The van der Waals surface area contributed by atoms with E-state index in [1.807, 2.05) is 42.8 Å². The second kappa shape index (κ2) is 9.02. The fraction of sp³-hybridized carbons (Fsp3) is 0.310. The van der Waals surface area contributed by atoms with Crippen LogP contribution >= 0.6 is 0 Å². The molecule has 38 heavy (non-hydrogen) atoms. The first kappa shape index (κ1) is 23.0. The molecule has 1 saturated heterocycles. The molecule has 192 valence electrons. The number of aryl methyl sites for hydroxylation is 2. The first-order chi connectivity index (χ1) is 18.5. The number of anilines is 2. The highest BCUT2D eigenvalue weighted by Crippen LogP contribution is 2.42. The van der Waals surface area contributed by atoms with Gasteiger partial charge in [0.1, 0.15) is 29.2 Å². The topological polar surface area (TPSA) is 89.8 Å². The molecule has 1 aliphatic carbocycles. The van der Waals surface area contributed by atoms with Gasteiger partial charge in [-0.15, -0.1) is 0 Å². The van der Waals surface area contributed by atoms with Crippen LogP contribution in [0, 0.1) is 18.7 Å². The van der Waals surface area contributed by atoms with Gasteiger partial charge in [0.2, 0.25) is 0 Å². The number of hydrogen-bond acceptors (Lipinski definition) is 7. The van der Waals surface area contributed by atoms with Gasteiger partial charge in [0.05, 0.1) is 28.6 Å². The predicted octanol–water partition coefficient (Wildman–Crippen LogP) is 5.75.